The van der Waals surface area contributed by atoms with Crippen LogP contribution in [0.25, 0.3) is 10.9 Å². The largest absolute Gasteiger partial charge is 0.506 e. The van der Waals surface area contributed by atoms with Crippen molar-refractivity contribution in [2.24, 2.45) is 5.92 Å². The molecule has 310 valence electrons. The van der Waals surface area contributed by atoms with E-state index in [0.717, 1.165) is 45.3 Å². The molecule has 1 amide bonds. The van der Waals surface area contributed by atoms with Crippen LogP contribution in [0.2, 0.25) is 0 Å². The molecule has 1 unspecified atom stereocenters. The number of carbonyl (C=O) groups excluding carboxylic acids is 2. The molecule has 1 aliphatic heterocycles. The van der Waals surface area contributed by atoms with Gasteiger partial charge in [-0.15, -0.1) is 24.8 Å². The van der Waals surface area contributed by atoms with Crippen molar-refractivity contribution in [3.8, 4) is 5.75 Å². The van der Waals surface area contributed by atoms with Gasteiger partial charge < -0.3 is 35.1 Å². The number of H-pyrrole nitrogens is 1. The van der Waals surface area contributed by atoms with Crippen molar-refractivity contribution >= 4 is 53.5 Å². The van der Waals surface area contributed by atoms with E-state index < -0.39 is 23.8 Å². The number of pyridine rings is 1. The van der Waals surface area contributed by atoms with Crippen LogP contribution in [-0.2, 0) is 26.4 Å². The maximum atomic E-state index is 13.8. The van der Waals surface area contributed by atoms with Crippen molar-refractivity contribution in [1.82, 2.24) is 15.2 Å². The number of likely N-dealkylation sites (tertiary alicyclic amines) is 1. The number of carbonyl (C=O) groups is 2. The number of aliphatic hydroxyl groups is 2. The van der Waals surface area contributed by atoms with Gasteiger partial charge in [0.25, 0.3) is 0 Å². The molecule has 2 heterocycles. The Kier molecular flexibility index (Phi) is 17.6. The smallest absolute Gasteiger partial charge is 0.411 e. The second-order valence-electron chi connectivity index (χ2n) is 14.3. The van der Waals surface area contributed by atoms with Crippen LogP contribution in [0.15, 0.2) is 114 Å². The van der Waals surface area contributed by atoms with E-state index in [0.29, 0.717) is 35.2 Å². The van der Waals surface area contributed by atoms with Crippen molar-refractivity contribution in [2.45, 2.75) is 50.4 Å². The predicted octanol–water partition coefficient (Wildman–Crippen LogP) is 6.81. The number of ether oxygens (including phenoxy) is 2. The normalized spacial score (nSPS) is 14.7. The highest BCUT2D eigenvalue weighted by Gasteiger charge is 2.42. The van der Waals surface area contributed by atoms with Crippen molar-refractivity contribution in [1.29, 1.82) is 0 Å². The van der Waals surface area contributed by atoms with E-state index in [4.69, 9.17) is 9.47 Å². The van der Waals surface area contributed by atoms with Gasteiger partial charge in [-0.3, -0.25) is 15.0 Å². The van der Waals surface area contributed by atoms with Crippen LogP contribution < -0.4 is 16.2 Å². The first-order valence-electron chi connectivity index (χ1n) is 19.2. The molecule has 0 radical (unpaired) electrons. The molecular formula is C44H52Cl2N4O8. The number of piperidine rings is 1. The Morgan fingerprint density at radius 1 is 0.845 bits per heavy atom. The average Bonchev–Trinajstić information content (AvgIpc) is 3.22. The summed E-state index contributed by atoms with van der Waals surface area (Å²) in [5.74, 6) is -0.647. The van der Waals surface area contributed by atoms with E-state index in [-0.39, 0.29) is 72.9 Å². The summed E-state index contributed by atoms with van der Waals surface area (Å²) < 4.78 is 11.2. The second-order valence-corrected chi connectivity index (χ2v) is 14.3. The molecule has 14 heteroatoms. The third-order valence-electron chi connectivity index (χ3n) is 10.3. The van der Waals surface area contributed by atoms with Gasteiger partial charge in [0, 0.05) is 35.8 Å². The van der Waals surface area contributed by atoms with Crippen LogP contribution in [-0.4, -0.2) is 76.7 Å². The Labute approximate surface area is 350 Å². The van der Waals surface area contributed by atoms with Crippen LogP contribution >= 0.6 is 24.8 Å². The number of hydrogen-bond donors (Lipinski definition) is 6. The number of rotatable bonds is 17. The third-order valence-corrected chi connectivity index (χ3v) is 10.3. The monoisotopic (exact) mass is 834 g/mol. The minimum absolute atomic E-state index is 0. The number of aliphatic hydroxyl groups excluding tert-OH is 1. The van der Waals surface area contributed by atoms with Crippen LogP contribution in [0, 0.1) is 5.92 Å². The number of aromatic amines is 1. The summed E-state index contributed by atoms with van der Waals surface area (Å²) in [5, 5.41) is 39.4. The lowest BCUT2D eigenvalue weighted by Gasteiger charge is -2.33. The highest BCUT2D eigenvalue weighted by atomic mass is 35.5. The molecule has 0 spiro atoms. The number of phenols is 1. The van der Waals surface area contributed by atoms with E-state index >= 15 is 0 Å². The summed E-state index contributed by atoms with van der Waals surface area (Å²) in [6.45, 7) is 4.00. The number of hydrogen-bond acceptors (Lipinski definition) is 10. The van der Waals surface area contributed by atoms with Crippen LogP contribution in [0.3, 0.4) is 0 Å². The Morgan fingerprint density at radius 2 is 1.55 bits per heavy atom. The zero-order valence-electron chi connectivity index (χ0n) is 32.2. The number of amides is 1. The van der Waals surface area contributed by atoms with E-state index in [9.17, 15) is 29.7 Å². The van der Waals surface area contributed by atoms with E-state index in [1.165, 1.54) is 17.7 Å². The SMILES string of the molecule is Cl.Cl.O=C(Nc1cccc(C(O)(C(=O)OCC2CCN(Cc3ccccc3)CC2)c2ccccc2)c1)OCCCCCNC[C@H](O)c1ccc(O)c2[nH]c(=O)ccc12. The fraction of sp³-hybridized carbons (Fsp3) is 0.341. The van der Waals surface area contributed by atoms with Crippen molar-refractivity contribution in [3.05, 3.63) is 142 Å². The first-order valence-corrected chi connectivity index (χ1v) is 19.2. The molecule has 1 fully saturated rings. The van der Waals surface area contributed by atoms with Crippen LogP contribution in [0.4, 0.5) is 10.5 Å². The molecule has 4 aromatic carbocycles. The minimum atomic E-state index is -2.10. The summed E-state index contributed by atoms with van der Waals surface area (Å²) in [5.41, 5.74) is 0.697. The van der Waals surface area contributed by atoms with E-state index in [1.807, 2.05) is 18.2 Å². The topological polar surface area (TPSA) is 173 Å². The lowest BCUT2D eigenvalue weighted by Crippen LogP contribution is -2.40. The number of nitrogens with one attached hydrogen (secondary N) is 3. The highest BCUT2D eigenvalue weighted by Crippen LogP contribution is 2.34. The van der Waals surface area contributed by atoms with Gasteiger partial charge in [0.1, 0.15) is 5.75 Å². The quantitative estimate of drug-likeness (QED) is 0.0432. The molecule has 1 aromatic heterocycles. The Morgan fingerprint density at radius 3 is 2.29 bits per heavy atom. The first kappa shape index (κ1) is 45.7. The number of aromatic nitrogens is 1. The number of esters is 1. The standard InChI is InChI=1S/C44H50N4O8.2ClH/c49-38-19-17-36(37-18-20-40(51)47-41(37)38)39(50)28-45-23-8-3-9-26-55-43(53)46-35-16-10-15-34(27-35)44(54,33-13-6-2-7-14-33)42(52)56-30-32-21-24-48(25-22-32)29-31-11-4-1-5-12-31;;/h1-2,4-7,10-20,27,32,39,45,49-50,54H,3,8-9,21-26,28-30H2,(H,46,53)(H,47,51);2*1H/t39-,44?;;/m0../s1. The molecule has 0 bridgehead atoms. The molecule has 1 aliphatic rings. The lowest BCUT2D eigenvalue weighted by atomic mass is 9.86. The molecule has 5 aromatic rings. The maximum Gasteiger partial charge on any atom is 0.411 e. The summed E-state index contributed by atoms with van der Waals surface area (Å²) in [4.78, 5) is 43.1. The molecule has 12 nitrogen and oxygen atoms in total. The zero-order valence-corrected chi connectivity index (χ0v) is 33.8. The number of anilines is 1. The van der Waals surface area contributed by atoms with Gasteiger partial charge in [0.2, 0.25) is 11.2 Å². The van der Waals surface area contributed by atoms with Crippen molar-refractivity contribution < 1.29 is 34.4 Å². The highest BCUT2D eigenvalue weighted by molar-refractivity contribution is 5.89. The lowest BCUT2D eigenvalue weighted by molar-refractivity contribution is -0.164. The summed E-state index contributed by atoms with van der Waals surface area (Å²) in [6, 6.07) is 31.5. The van der Waals surface area contributed by atoms with E-state index in [1.54, 1.807) is 66.7 Å². The number of halogens is 2. The molecular weight excluding hydrogens is 783 g/mol. The van der Waals surface area contributed by atoms with Gasteiger partial charge in [-0.25, -0.2) is 9.59 Å². The third kappa shape index (κ3) is 12.0. The number of nitrogens with zero attached hydrogens (tertiary/aromatic N) is 1. The number of unbranched alkanes of at least 4 members (excludes halogenated alkanes) is 2. The fourth-order valence-electron chi connectivity index (χ4n) is 7.10. The Bertz CT molecular complexity index is 2120. The molecule has 6 rings (SSSR count). The van der Waals surface area contributed by atoms with Crippen molar-refractivity contribution in [2.75, 3.05) is 44.7 Å². The summed E-state index contributed by atoms with van der Waals surface area (Å²) in [6.07, 6.45) is 2.45. The Hall–Kier alpha value is -4.95. The molecule has 6 N–H and O–H groups in total. The minimum Gasteiger partial charge on any atom is -0.506 e. The number of benzene rings is 4. The number of fused-ring (bicyclic) bond motifs is 1. The van der Waals surface area contributed by atoms with Crippen LogP contribution in [0.5, 0.6) is 5.75 Å². The van der Waals surface area contributed by atoms with Gasteiger partial charge in [0.05, 0.1) is 24.8 Å². The molecule has 1 saturated heterocycles. The molecule has 58 heavy (non-hydrogen) atoms. The van der Waals surface area contributed by atoms with E-state index in [2.05, 4.69) is 32.7 Å². The molecule has 0 saturated carbocycles. The van der Waals surface area contributed by atoms with Crippen molar-refractivity contribution in [3.63, 3.8) is 0 Å². The fourth-order valence-corrected chi connectivity index (χ4v) is 7.10. The Balaban J connectivity index is 0.00000372. The zero-order chi connectivity index (χ0) is 39.3. The van der Waals surface area contributed by atoms with Gasteiger partial charge in [0.15, 0.2) is 0 Å². The number of aromatic hydroxyl groups is 1. The molecule has 0 aliphatic carbocycles. The second kappa shape index (κ2) is 22.3. The van der Waals surface area contributed by atoms with Gasteiger partial charge >= 0.3 is 12.1 Å². The van der Waals surface area contributed by atoms with Gasteiger partial charge in [-0.05, 0) is 98.6 Å². The number of phenolic OH excluding ortho intramolecular Hbond substituents is 1. The van der Waals surface area contributed by atoms with Crippen LogP contribution in [0.1, 0.15) is 60.5 Å². The maximum absolute atomic E-state index is 13.8. The summed E-state index contributed by atoms with van der Waals surface area (Å²) >= 11 is 0. The van der Waals surface area contributed by atoms with Gasteiger partial charge in [-0.2, -0.15) is 0 Å². The summed E-state index contributed by atoms with van der Waals surface area (Å²) in [7, 11) is 0. The predicted molar refractivity (Wildman–Crippen MR) is 229 cm³/mol. The first-order chi connectivity index (χ1) is 27.2. The molecule has 2 atom stereocenters. The van der Waals surface area contributed by atoms with Gasteiger partial charge in [-0.1, -0.05) is 78.9 Å². The average molecular weight is 836 g/mol.